The zero-order valence-corrected chi connectivity index (χ0v) is 21.3. The van der Waals surface area contributed by atoms with Crippen LogP contribution in [0.15, 0.2) is 42.5 Å². The van der Waals surface area contributed by atoms with Gasteiger partial charge in [0.05, 0.1) is 16.4 Å². The van der Waals surface area contributed by atoms with Crippen LogP contribution in [-0.2, 0) is 6.42 Å². The molecule has 1 saturated heterocycles. The van der Waals surface area contributed by atoms with E-state index in [-0.39, 0.29) is 11.7 Å². The van der Waals surface area contributed by atoms with Gasteiger partial charge in [0.15, 0.2) is 0 Å². The summed E-state index contributed by atoms with van der Waals surface area (Å²) < 4.78 is 21.0. The van der Waals surface area contributed by atoms with E-state index >= 15 is 0 Å². The van der Waals surface area contributed by atoms with E-state index in [2.05, 4.69) is 5.43 Å². The molecule has 0 bridgehead atoms. The number of benzene rings is 2. The summed E-state index contributed by atoms with van der Waals surface area (Å²) in [5.41, 5.74) is 7.05. The summed E-state index contributed by atoms with van der Waals surface area (Å²) in [5.74, 6) is -0.0236. The van der Waals surface area contributed by atoms with Crippen molar-refractivity contribution in [3.05, 3.63) is 75.1 Å². The van der Waals surface area contributed by atoms with E-state index in [1.54, 1.807) is 35.0 Å². The Labute approximate surface area is 219 Å². The number of hydrogen-bond acceptors (Lipinski definition) is 4. The van der Waals surface area contributed by atoms with Crippen LogP contribution in [0.2, 0.25) is 10.0 Å². The first-order chi connectivity index (χ1) is 17.5. The average molecular weight is 529 g/mol. The summed E-state index contributed by atoms with van der Waals surface area (Å²) in [5, 5.41) is 7.55. The molecule has 1 aliphatic carbocycles. The quantitative estimate of drug-likeness (QED) is 0.367. The van der Waals surface area contributed by atoms with Crippen LogP contribution >= 0.6 is 23.2 Å². The van der Waals surface area contributed by atoms with Gasteiger partial charge in [0.1, 0.15) is 5.82 Å². The van der Waals surface area contributed by atoms with Gasteiger partial charge in [-0.15, -0.1) is 5.10 Å². The fraction of sp³-hybridized carbons (Fsp3) is 0.333. The Morgan fingerprint density at radius 2 is 1.75 bits per heavy atom. The van der Waals surface area contributed by atoms with Gasteiger partial charge < -0.3 is 4.74 Å². The van der Waals surface area contributed by atoms with Gasteiger partial charge in [-0.3, -0.25) is 5.43 Å². The second-order valence-corrected chi connectivity index (χ2v) is 9.96. The number of ether oxygens (including phenoxy) is 1. The molecule has 2 aliphatic rings. The molecule has 36 heavy (non-hydrogen) atoms. The van der Waals surface area contributed by atoms with Gasteiger partial charge in [0.2, 0.25) is 5.88 Å². The fourth-order valence-corrected chi connectivity index (χ4v) is 5.27. The molecule has 188 valence electrons. The molecule has 0 radical (unpaired) electrons. The maximum absolute atomic E-state index is 13.5. The lowest BCUT2D eigenvalue weighted by Gasteiger charge is -2.26. The Hall–Kier alpha value is -2.87. The van der Waals surface area contributed by atoms with Crippen LogP contribution in [0.1, 0.15) is 55.3 Å². The fourth-order valence-electron chi connectivity index (χ4n) is 4.78. The second kappa shape index (κ2) is 11.0. The number of allylic oxidation sites excluding steroid dienone is 1. The molecule has 1 fully saturated rings. The third kappa shape index (κ3) is 5.59. The zero-order valence-electron chi connectivity index (χ0n) is 19.8. The van der Waals surface area contributed by atoms with E-state index < -0.39 is 6.09 Å². The average Bonchev–Trinajstić information content (AvgIpc) is 3.06. The smallest absolute Gasteiger partial charge is 0.388 e. The van der Waals surface area contributed by atoms with Gasteiger partial charge in [-0.25, -0.2) is 18.9 Å². The van der Waals surface area contributed by atoms with Crippen molar-refractivity contribution in [2.45, 2.75) is 44.9 Å². The first-order valence-corrected chi connectivity index (χ1v) is 13.0. The molecule has 2 heterocycles. The molecular weight excluding hydrogens is 502 g/mol. The Morgan fingerprint density at radius 1 is 1.00 bits per heavy atom. The third-order valence-corrected chi connectivity index (χ3v) is 7.06. The van der Waals surface area contributed by atoms with Crippen LogP contribution in [0.25, 0.3) is 17.3 Å². The predicted molar refractivity (Wildman–Crippen MR) is 140 cm³/mol. The first kappa shape index (κ1) is 24.8. The van der Waals surface area contributed by atoms with Crippen molar-refractivity contribution in [3.8, 4) is 11.6 Å². The monoisotopic (exact) mass is 528 g/mol. The summed E-state index contributed by atoms with van der Waals surface area (Å²) in [4.78, 5) is 12.8. The lowest BCUT2D eigenvalue weighted by molar-refractivity contribution is 0.127. The molecule has 0 spiro atoms. The van der Waals surface area contributed by atoms with Crippen molar-refractivity contribution in [2.24, 2.45) is 0 Å². The standard InChI is InChI=1S/C27H27Cl2FN4O2/c28-20-10-13-24(23(29)17-20)34-25-19(16-18-8-11-21(30)12-9-18)6-2-3-7-22(25)26(31-34)36-27(35)32-33-14-4-1-5-15-33/h8-13,16-17H,1-7,14-15H2,(H,32,35)/b19-16+. The number of halogens is 3. The maximum atomic E-state index is 13.5. The number of carbonyl (C=O) groups is 1. The number of carbonyl (C=O) groups excluding carboxylic acids is 1. The molecule has 0 unspecified atom stereocenters. The Kier molecular flexibility index (Phi) is 7.60. The van der Waals surface area contributed by atoms with Gasteiger partial charge in [-0.2, -0.15) is 0 Å². The largest absolute Gasteiger partial charge is 0.428 e. The Morgan fingerprint density at radius 3 is 2.50 bits per heavy atom. The lowest BCUT2D eigenvalue weighted by Crippen LogP contribution is -2.46. The minimum atomic E-state index is -0.556. The molecule has 1 aromatic heterocycles. The van der Waals surface area contributed by atoms with Crippen LogP contribution in [0.5, 0.6) is 5.88 Å². The molecule has 5 rings (SSSR count). The number of hydrogen-bond donors (Lipinski definition) is 1. The van der Waals surface area contributed by atoms with Gasteiger partial charge in [-0.05, 0) is 86.1 Å². The SMILES string of the molecule is O=C(NN1CCCCC1)Oc1nn(-c2ccc(Cl)cc2Cl)c2c1CCCC/C2=C\c1ccc(F)cc1. The molecule has 0 atom stereocenters. The number of nitrogens with one attached hydrogen (secondary N) is 1. The molecule has 3 aromatic rings. The maximum Gasteiger partial charge on any atom is 0.428 e. The number of rotatable bonds is 4. The van der Waals surface area contributed by atoms with E-state index in [0.717, 1.165) is 74.0 Å². The van der Waals surface area contributed by atoms with Gasteiger partial charge in [0, 0.05) is 23.7 Å². The zero-order chi connectivity index (χ0) is 25.1. The van der Waals surface area contributed by atoms with Crippen LogP contribution in [0.3, 0.4) is 0 Å². The van der Waals surface area contributed by atoms with Crippen LogP contribution in [-0.4, -0.2) is 34.0 Å². The van der Waals surface area contributed by atoms with Gasteiger partial charge in [0.25, 0.3) is 0 Å². The molecule has 1 aliphatic heterocycles. The molecule has 1 amide bonds. The van der Waals surface area contributed by atoms with Crippen molar-refractivity contribution in [1.29, 1.82) is 0 Å². The number of nitrogens with zero attached hydrogens (tertiary/aromatic N) is 3. The van der Waals surface area contributed by atoms with E-state index in [1.165, 1.54) is 12.1 Å². The van der Waals surface area contributed by atoms with Crippen molar-refractivity contribution in [2.75, 3.05) is 13.1 Å². The minimum absolute atomic E-state index is 0.262. The van der Waals surface area contributed by atoms with E-state index in [9.17, 15) is 9.18 Å². The van der Waals surface area contributed by atoms with Gasteiger partial charge >= 0.3 is 6.09 Å². The van der Waals surface area contributed by atoms with Crippen molar-refractivity contribution in [1.82, 2.24) is 20.2 Å². The lowest BCUT2D eigenvalue weighted by atomic mass is 10.0. The second-order valence-electron chi connectivity index (χ2n) is 9.12. The molecule has 6 nitrogen and oxygen atoms in total. The molecule has 9 heteroatoms. The topological polar surface area (TPSA) is 59.4 Å². The van der Waals surface area contributed by atoms with E-state index in [4.69, 9.17) is 33.0 Å². The highest BCUT2D eigenvalue weighted by Crippen LogP contribution is 2.39. The van der Waals surface area contributed by atoms with E-state index in [1.807, 2.05) is 11.1 Å². The van der Waals surface area contributed by atoms with Crippen molar-refractivity contribution >= 4 is 40.9 Å². The van der Waals surface area contributed by atoms with Crippen molar-refractivity contribution in [3.63, 3.8) is 0 Å². The number of amides is 1. The Bertz CT molecular complexity index is 1280. The number of aromatic nitrogens is 2. The van der Waals surface area contributed by atoms with E-state index in [0.29, 0.717) is 22.2 Å². The summed E-state index contributed by atoms with van der Waals surface area (Å²) in [6.45, 7) is 1.60. The molecule has 2 aromatic carbocycles. The highest BCUT2D eigenvalue weighted by atomic mass is 35.5. The summed E-state index contributed by atoms with van der Waals surface area (Å²) >= 11 is 12.7. The van der Waals surface area contributed by atoms with Crippen LogP contribution in [0.4, 0.5) is 9.18 Å². The number of piperidine rings is 1. The molecule has 0 saturated carbocycles. The van der Waals surface area contributed by atoms with Crippen LogP contribution in [0, 0.1) is 5.82 Å². The Balaban J connectivity index is 1.57. The highest BCUT2D eigenvalue weighted by Gasteiger charge is 2.28. The molecule has 1 N–H and O–H groups in total. The number of hydrazine groups is 1. The van der Waals surface area contributed by atoms with Gasteiger partial charge in [-0.1, -0.05) is 41.8 Å². The molecular formula is C27H27Cl2FN4O2. The summed E-state index contributed by atoms with van der Waals surface area (Å²) in [6.07, 6.45) is 8.08. The summed E-state index contributed by atoms with van der Waals surface area (Å²) in [7, 11) is 0. The summed E-state index contributed by atoms with van der Waals surface area (Å²) in [6, 6.07) is 11.6. The third-order valence-electron chi connectivity index (χ3n) is 6.52. The highest BCUT2D eigenvalue weighted by molar-refractivity contribution is 6.35. The first-order valence-electron chi connectivity index (χ1n) is 12.3. The normalized spacial score (nSPS) is 17.5. The predicted octanol–water partition coefficient (Wildman–Crippen LogP) is 7.07. The number of fused-ring (bicyclic) bond motifs is 1. The van der Waals surface area contributed by atoms with Crippen LogP contribution < -0.4 is 10.2 Å². The minimum Gasteiger partial charge on any atom is -0.388 e. The van der Waals surface area contributed by atoms with Crippen molar-refractivity contribution < 1.29 is 13.9 Å².